The number of imidazole rings is 1. The van der Waals surface area contributed by atoms with Crippen LogP contribution in [0.15, 0.2) is 42.5 Å². The topological polar surface area (TPSA) is 139 Å². The molecule has 1 heterocycles. The molecule has 2 amide bonds. The summed E-state index contributed by atoms with van der Waals surface area (Å²) in [6, 6.07) is 12.4. The van der Waals surface area contributed by atoms with E-state index in [-0.39, 0.29) is 17.7 Å². The van der Waals surface area contributed by atoms with Crippen molar-refractivity contribution in [1.29, 1.82) is 0 Å². The number of rotatable bonds is 6. The van der Waals surface area contributed by atoms with Crippen molar-refractivity contribution in [2.75, 3.05) is 5.73 Å². The Bertz CT molecular complexity index is 1070. The Morgan fingerprint density at radius 3 is 2.57 bits per heavy atom. The number of aromatic nitrogens is 2. The van der Waals surface area contributed by atoms with E-state index in [1.165, 1.54) is 11.1 Å². The van der Waals surface area contributed by atoms with E-state index in [9.17, 15) is 9.59 Å². The van der Waals surface area contributed by atoms with Crippen molar-refractivity contribution in [2.24, 2.45) is 11.7 Å². The van der Waals surface area contributed by atoms with E-state index < -0.39 is 12.1 Å². The van der Waals surface area contributed by atoms with Crippen LogP contribution < -0.4 is 22.1 Å². The number of anilines is 1. The van der Waals surface area contributed by atoms with Gasteiger partial charge in [0.1, 0.15) is 6.04 Å². The van der Waals surface area contributed by atoms with Crippen molar-refractivity contribution in [3.05, 3.63) is 59.2 Å². The molecule has 0 fully saturated rings. The highest BCUT2D eigenvalue weighted by molar-refractivity contribution is 5.89. The number of aromatic amines is 1. The summed E-state index contributed by atoms with van der Waals surface area (Å²) in [5, 5.41) is 5.58. The molecule has 2 atom stereocenters. The lowest BCUT2D eigenvalue weighted by Crippen LogP contribution is -2.52. The second-order valence-corrected chi connectivity index (χ2v) is 7.88. The Hall–Kier alpha value is -3.39. The van der Waals surface area contributed by atoms with Crippen LogP contribution in [0.2, 0.25) is 0 Å². The summed E-state index contributed by atoms with van der Waals surface area (Å²) in [5.74, 6) is -0.172. The lowest BCUT2D eigenvalue weighted by Gasteiger charge is -2.21. The molecule has 0 radical (unpaired) electrons. The third kappa shape index (κ3) is 4.13. The van der Waals surface area contributed by atoms with Gasteiger partial charge < -0.3 is 27.1 Å². The number of nitrogens with one attached hydrogen (secondary N) is 3. The summed E-state index contributed by atoms with van der Waals surface area (Å²) in [5.41, 5.74) is 16.8. The van der Waals surface area contributed by atoms with Crippen LogP contribution in [0, 0.1) is 5.92 Å². The number of nitrogens with two attached hydrogens (primary N) is 2. The monoisotopic (exact) mass is 406 g/mol. The fourth-order valence-electron chi connectivity index (χ4n) is 3.96. The van der Waals surface area contributed by atoms with Gasteiger partial charge in [-0.1, -0.05) is 30.3 Å². The summed E-state index contributed by atoms with van der Waals surface area (Å²) in [7, 11) is 0. The van der Waals surface area contributed by atoms with Crippen LogP contribution in [0.1, 0.15) is 23.6 Å². The minimum atomic E-state index is -0.682. The number of carbonyl (C=O) groups excluding carboxylic acids is 2. The van der Waals surface area contributed by atoms with E-state index in [0.717, 1.165) is 29.4 Å². The molecular formula is C22H26N6O2. The van der Waals surface area contributed by atoms with Crippen LogP contribution in [0.25, 0.3) is 11.0 Å². The maximum atomic E-state index is 12.6. The lowest BCUT2D eigenvalue weighted by molar-refractivity contribution is -0.129. The molecule has 0 bridgehead atoms. The van der Waals surface area contributed by atoms with E-state index in [1.807, 2.05) is 30.3 Å². The zero-order valence-corrected chi connectivity index (χ0v) is 16.8. The summed E-state index contributed by atoms with van der Waals surface area (Å²) < 4.78 is 0. The van der Waals surface area contributed by atoms with Gasteiger partial charge >= 0.3 is 0 Å². The minimum absolute atomic E-state index is 0.0474. The fourth-order valence-corrected chi connectivity index (χ4v) is 3.96. The molecule has 0 aliphatic heterocycles. The highest BCUT2D eigenvalue weighted by Crippen LogP contribution is 2.28. The van der Waals surface area contributed by atoms with Crippen LogP contribution in [-0.2, 0) is 29.0 Å². The molecule has 0 saturated heterocycles. The average Bonchev–Trinajstić information content (AvgIpc) is 3.33. The molecule has 156 valence electrons. The predicted octanol–water partition coefficient (Wildman–Crippen LogP) is 1.01. The molecule has 4 rings (SSSR count). The number of hydrogen-bond donors (Lipinski definition) is 5. The third-order valence-corrected chi connectivity index (χ3v) is 5.68. The highest BCUT2D eigenvalue weighted by Gasteiger charge is 2.31. The van der Waals surface area contributed by atoms with Gasteiger partial charge in [0.15, 0.2) is 5.95 Å². The zero-order chi connectivity index (χ0) is 21.3. The Morgan fingerprint density at radius 1 is 1.17 bits per heavy atom. The first-order valence-corrected chi connectivity index (χ1v) is 10.1. The summed E-state index contributed by atoms with van der Waals surface area (Å²) >= 11 is 0. The molecule has 2 aromatic carbocycles. The van der Waals surface area contributed by atoms with Gasteiger partial charge in [-0.05, 0) is 54.5 Å². The van der Waals surface area contributed by atoms with Gasteiger partial charge in [0.25, 0.3) is 0 Å². The van der Waals surface area contributed by atoms with Gasteiger partial charge in [0.2, 0.25) is 11.8 Å². The molecule has 8 heteroatoms. The summed E-state index contributed by atoms with van der Waals surface area (Å²) in [4.78, 5) is 32.1. The largest absolute Gasteiger partial charge is 0.369 e. The number of carbonyl (C=O) groups is 2. The quantitative estimate of drug-likeness (QED) is 0.416. The number of benzene rings is 2. The van der Waals surface area contributed by atoms with Crippen molar-refractivity contribution in [3.63, 3.8) is 0 Å². The maximum Gasteiger partial charge on any atom is 0.242 e. The number of nitrogen functional groups attached to an aromatic ring is 1. The second kappa shape index (κ2) is 8.16. The van der Waals surface area contributed by atoms with Crippen LogP contribution in [-0.4, -0.2) is 33.9 Å². The highest BCUT2D eigenvalue weighted by atomic mass is 16.2. The molecule has 1 aromatic heterocycles. The van der Waals surface area contributed by atoms with Gasteiger partial charge in [-0.25, -0.2) is 4.98 Å². The molecule has 7 N–H and O–H groups in total. The summed E-state index contributed by atoms with van der Waals surface area (Å²) in [6.45, 7) is 1.99. The van der Waals surface area contributed by atoms with Crippen LogP contribution >= 0.6 is 0 Å². The summed E-state index contributed by atoms with van der Waals surface area (Å²) in [6.07, 6.45) is 1.57. The first kappa shape index (κ1) is 19.9. The Labute approximate surface area is 174 Å². The molecule has 30 heavy (non-hydrogen) atoms. The van der Waals surface area contributed by atoms with Crippen LogP contribution in [0.3, 0.4) is 0 Å². The van der Waals surface area contributed by atoms with E-state index >= 15 is 0 Å². The molecule has 0 spiro atoms. The van der Waals surface area contributed by atoms with Gasteiger partial charge in [-0.2, -0.15) is 0 Å². The molecular weight excluding hydrogens is 380 g/mol. The molecule has 1 aliphatic rings. The number of amides is 2. The minimum Gasteiger partial charge on any atom is -0.369 e. The van der Waals surface area contributed by atoms with Gasteiger partial charge in [0, 0.05) is 6.54 Å². The first-order valence-electron chi connectivity index (χ1n) is 10.1. The predicted molar refractivity (Wildman–Crippen MR) is 115 cm³/mol. The van der Waals surface area contributed by atoms with Gasteiger partial charge in [-0.3, -0.25) is 9.59 Å². The fraction of sp³-hybridized carbons (Fsp3) is 0.318. The van der Waals surface area contributed by atoms with Crippen molar-refractivity contribution < 1.29 is 9.59 Å². The van der Waals surface area contributed by atoms with E-state index in [2.05, 4.69) is 32.7 Å². The van der Waals surface area contributed by atoms with Crippen LogP contribution in [0.5, 0.6) is 0 Å². The number of nitrogens with zero attached hydrogens (tertiary/aromatic N) is 1. The van der Waals surface area contributed by atoms with Crippen molar-refractivity contribution in [1.82, 2.24) is 20.6 Å². The molecule has 0 saturated carbocycles. The Kier molecular flexibility index (Phi) is 5.41. The second-order valence-electron chi connectivity index (χ2n) is 7.88. The standard InChI is InChI=1S/C22H26N6O2/c1-12(20(29)25-11-13-6-7-17-18(8-13)28-22(24)27-17)26-21(30)19(23)16-9-14-4-2-3-5-15(14)10-16/h2-8,12,16,19H,9-11,23H2,1H3,(H,25,29)(H,26,30)(H3,24,27,28)/t12-,19+/m0/s1. The van der Waals surface area contributed by atoms with Crippen molar-refractivity contribution >= 4 is 28.8 Å². The molecule has 8 nitrogen and oxygen atoms in total. The van der Waals surface area contributed by atoms with E-state index in [4.69, 9.17) is 11.5 Å². The van der Waals surface area contributed by atoms with Gasteiger partial charge in [-0.15, -0.1) is 0 Å². The van der Waals surface area contributed by atoms with Crippen molar-refractivity contribution in [3.8, 4) is 0 Å². The third-order valence-electron chi connectivity index (χ3n) is 5.68. The molecule has 3 aromatic rings. The molecule has 1 aliphatic carbocycles. The average molecular weight is 406 g/mol. The van der Waals surface area contributed by atoms with E-state index in [1.54, 1.807) is 6.92 Å². The number of fused-ring (bicyclic) bond motifs is 2. The first-order chi connectivity index (χ1) is 14.4. The number of H-pyrrole nitrogens is 1. The maximum absolute atomic E-state index is 12.6. The molecule has 0 unspecified atom stereocenters. The zero-order valence-electron chi connectivity index (χ0n) is 16.8. The SMILES string of the molecule is C[C@H](NC(=O)[C@H](N)C1Cc2ccccc2C1)C(=O)NCc1ccc2nc(N)[nH]c2c1. The van der Waals surface area contributed by atoms with E-state index in [0.29, 0.717) is 12.5 Å². The number of hydrogen-bond acceptors (Lipinski definition) is 5. The smallest absolute Gasteiger partial charge is 0.242 e. The van der Waals surface area contributed by atoms with Crippen LogP contribution in [0.4, 0.5) is 5.95 Å². The normalized spacial score (nSPS) is 15.5. The lowest BCUT2D eigenvalue weighted by atomic mass is 9.96. The van der Waals surface area contributed by atoms with Crippen molar-refractivity contribution in [2.45, 2.75) is 38.4 Å². The van der Waals surface area contributed by atoms with Gasteiger partial charge in [0.05, 0.1) is 17.1 Å². The Balaban J connectivity index is 1.28. The Morgan fingerprint density at radius 2 is 1.87 bits per heavy atom.